The monoisotopic (exact) mass is 576 g/mol. The Hall–Kier alpha value is -6.06. The van der Waals surface area contributed by atoms with E-state index in [1.54, 1.807) is 0 Å². The van der Waals surface area contributed by atoms with Crippen molar-refractivity contribution in [3.8, 4) is 67.7 Å². The molecule has 0 bridgehead atoms. The molecular formula is C42H28N2O. The van der Waals surface area contributed by atoms with Crippen LogP contribution in [0, 0.1) is 0 Å². The Balaban J connectivity index is 1.45. The zero-order valence-electron chi connectivity index (χ0n) is 24.5. The van der Waals surface area contributed by atoms with Gasteiger partial charge in [0.15, 0.2) is 5.82 Å². The van der Waals surface area contributed by atoms with Crippen molar-refractivity contribution < 1.29 is 4.42 Å². The summed E-state index contributed by atoms with van der Waals surface area (Å²) < 4.78 is 6.95. The molecule has 0 aliphatic carbocycles. The second-order valence-corrected chi connectivity index (χ2v) is 11.0. The fraction of sp³-hybridized carbons (Fsp3) is 0. The van der Waals surface area contributed by atoms with Gasteiger partial charge in [0.2, 0.25) is 0 Å². The van der Waals surface area contributed by atoms with Crippen LogP contribution in [0.3, 0.4) is 0 Å². The van der Waals surface area contributed by atoms with Gasteiger partial charge in [0.05, 0.1) is 11.4 Å². The summed E-state index contributed by atoms with van der Waals surface area (Å²) in [7, 11) is 0. The molecule has 0 atom stereocenters. The average Bonchev–Trinajstić information content (AvgIpc) is 3.52. The zero-order chi connectivity index (χ0) is 30.0. The topological polar surface area (TPSA) is 38.9 Å². The summed E-state index contributed by atoms with van der Waals surface area (Å²) >= 11 is 0. The summed E-state index contributed by atoms with van der Waals surface area (Å²) in [6, 6.07) is 58.2. The molecule has 0 radical (unpaired) electrons. The maximum Gasteiger partial charge on any atom is 0.160 e. The molecule has 0 saturated carbocycles. The fourth-order valence-corrected chi connectivity index (χ4v) is 6.01. The molecule has 45 heavy (non-hydrogen) atoms. The summed E-state index contributed by atoms with van der Waals surface area (Å²) in [6.45, 7) is 0. The Morgan fingerprint density at radius 3 is 1.49 bits per heavy atom. The van der Waals surface area contributed by atoms with Gasteiger partial charge < -0.3 is 4.42 Å². The van der Waals surface area contributed by atoms with Crippen LogP contribution in [0.25, 0.3) is 78.4 Å². The molecule has 3 nitrogen and oxygen atoms in total. The van der Waals surface area contributed by atoms with Gasteiger partial charge in [0, 0.05) is 38.6 Å². The maximum atomic E-state index is 6.95. The van der Waals surface area contributed by atoms with Crippen molar-refractivity contribution in [3.63, 3.8) is 0 Å². The molecular weight excluding hydrogens is 548 g/mol. The number of hydrogen-bond donors (Lipinski definition) is 0. The van der Waals surface area contributed by atoms with E-state index in [0.717, 1.165) is 72.6 Å². The van der Waals surface area contributed by atoms with Crippen LogP contribution in [0.4, 0.5) is 0 Å². The van der Waals surface area contributed by atoms with Crippen LogP contribution < -0.4 is 0 Å². The fourth-order valence-electron chi connectivity index (χ4n) is 6.01. The second-order valence-electron chi connectivity index (χ2n) is 11.0. The maximum absolute atomic E-state index is 6.95. The van der Waals surface area contributed by atoms with Gasteiger partial charge in [-0.2, -0.15) is 0 Å². The molecule has 0 aliphatic rings. The van der Waals surface area contributed by atoms with Gasteiger partial charge in [-0.05, 0) is 17.2 Å². The Morgan fingerprint density at radius 2 is 0.844 bits per heavy atom. The predicted octanol–water partition coefficient (Wildman–Crippen LogP) is 11.2. The number of hydrogen-bond acceptors (Lipinski definition) is 3. The van der Waals surface area contributed by atoms with Crippen molar-refractivity contribution in [3.05, 3.63) is 170 Å². The number of aromatic nitrogens is 2. The highest BCUT2D eigenvalue weighted by Gasteiger charge is 2.23. The quantitative estimate of drug-likeness (QED) is 0.198. The molecule has 0 fully saturated rings. The van der Waals surface area contributed by atoms with Crippen molar-refractivity contribution in [1.82, 2.24) is 9.97 Å². The Bertz CT molecular complexity index is 2180. The van der Waals surface area contributed by atoms with Crippen molar-refractivity contribution >= 4 is 10.8 Å². The van der Waals surface area contributed by atoms with Gasteiger partial charge in [-0.1, -0.05) is 164 Å². The number of benzene rings is 6. The molecule has 2 aromatic heterocycles. The van der Waals surface area contributed by atoms with E-state index in [2.05, 4.69) is 109 Å². The normalized spacial score (nSPS) is 11.1. The summed E-state index contributed by atoms with van der Waals surface area (Å²) in [4.78, 5) is 10.3. The molecule has 0 aliphatic heterocycles. The number of nitrogens with zero attached hydrogens (tertiary/aromatic N) is 2. The van der Waals surface area contributed by atoms with Gasteiger partial charge in [0.25, 0.3) is 0 Å². The second kappa shape index (κ2) is 11.6. The van der Waals surface area contributed by atoms with E-state index in [4.69, 9.17) is 14.4 Å². The first-order valence-electron chi connectivity index (χ1n) is 15.1. The SMILES string of the molecule is c1ccc(-c2cc(-c3cccc(-c4ccccc4)c3-c3oc(-c4ccccc4)c4ccccc34)nc(-c3ccccc3)n2)cc1. The van der Waals surface area contributed by atoms with Crippen LogP contribution in [-0.2, 0) is 0 Å². The summed E-state index contributed by atoms with van der Waals surface area (Å²) in [5, 5.41) is 2.13. The van der Waals surface area contributed by atoms with Crippen molar-refractivity contribution in [2.45, 2.75) is 0 Å². The Kier molecular flexibility index (Phi) is 6.82. The molecule has 0 amide bonds. The van der Waals surface area contributed by atoms with E-state index >= 15 is 0 Å². The van der Waals surface area contributed by atoms with Crippen LogP contribution in [0.5, 0.6) is 0 Å². The minimum atomic E-state index is 0.678. The van der Waals surface area contributed by atoms with Crippen molar-refractivity contribution in [1.29, 1.82) is 0 Å². The van der Waals surface area contributed by atoms with E-state index in [-0.39, 0.29) is 0 Å². The van der Waals surface area contributed by atoms with E-state index in [9.17, 15) is 0 Å². The minimum Gasteiger partial charge on any atom is -0.455 e. The smallest absolute Gasteiger partial charge is 0.160 e. The molecule has 0 unspecified atom stereocenters. The lowest BCUT2D eigenvalue weighted by Gasteiger charge is -2.16. The summed E-state index contributed by atoms with van der Waals surface area (Å²) in [5.41, 5.74) is 8.90. The van der Waals surface area contributed by atoms with Gasteiger partial charge in [0.1, 0.15) is 11.5 Å². The first kappa shape index (κ1) is 26.6. The lowest BCUT2D eigenvalue weighted by atomic mass is 9.90. The minimum absolute atomic E-state index is 0.678. The van der Waals surface area contributed by atoms with Crippen LogP contribution in [0.15, 0.2) is 174 Å². The number of fused-ring (bicyclic) bond motifs is 1. The highest BCUT2D eigenvalue weighted by atomic mass is 16.3. The van der Waals surface area contributed by atoms with E-state index in [1.807, 2.05) is 60.7 Å². The molecule has 6 aromatic carbocycles. The number of rotatable bonds is 6. The molecule has 0 spiro atoms. The van der Waals surface area contributed by atoms with E-state index in [0.29, 0.717) is 5.82 Å². The predicted molar refractivity (Wildman–Crippen MR) is 184 cm³/mol. The Labute approximate surface area is 262 Å². The molecule has 8 aromatic rings. The third-order valence-electron chi connectivity index (χ3n) is 8.14. The molecule has 0 saturated heterocycles. The molecule has 2 heterocycles. The molecule has 8 rings (SSSR count). The summed E-state index contributed by atoms with van der Waals surface area (Å²) in [6.07, 6.45) is 0. The van der Waals surface area contributed by atoms with Crippen LogP contribution in [0.2, 0.25) is 0 Å². The lowest BCUT2D eigenvalue weighted by Crippen LogP contribution is -1.98. The molecule has 0 N–H and O–H groups in total. The Morgan fingerprint density at radius 1 is 0.356 bits per heavy atom. The van der Waals surface area contributed by atoms with Gasteiger partial charge in [-0.15, -0.1) is 0 Å². The highest BCUT2D eigenvalue weighted by molar-refractivity contribution is 6.07. The lowest BCUT2D eigenvalue weighted by molar-refractivity contribution is 0.602. The largest absolute Gasteiger partial charge is 0.455 e. The van der Waals surface area contributed by atoms with Crippen LogP contribution >= 0.6 is 0 Å². The van der Waals surface area contributed by atoms with Crippen LogP contribution in [-0.4, -0.2) is 9.97 Å². The van der Waals surface area contributed by atoms with E-state index < -0.39 is 0 Å². The number of furan rings is 1. The van der Waals surface area contributed by atoms with Gasteiger partial charge >= 0.3 is 0 Å². The van der Waals surface area contributed by atoms with Gasteiger partial charge in [-0.3, -0.25) is 0 Å². The van der Waals surface area contributed by atoms with Crippen molar-refractivity contribution in [2.75, 3.05) is 0 Å². The average molecular weight is 577 g/mol. The van der Waals surface area contributed by atoms with E-state index in [1.165, 1.54) is 0 Å². The zero-order valence-corrected chi connectivity index (χ0v) is 24.5. The van der Waals surface area contributed by atoms with Crippen molar-refractivity contribution in [2.24, 2.45) is 0 Å². The first-order valence-corrected chi connectivity index (χ1v) is 15.1. The highest BCUT2D eigenvalue weighted by Crippen LogP contribution is 2.46. The molecule has 212 valence electrons. The van der Waals surface area contributed by atoms with Crippen LogP contribution in [0.1, 0.15) is 0 Å². The van der Waals surface area contributed by atoms with Gasteiger partial charge in [-0.25, -0.2) is 9.97 Å². The third-order valence-corrected chi connectivity index (χ3v) is 8.14. The summed E-state index contributed by atoms with van der Waals surface area (Å²) in [5.74, 6) is 2.35. The molecule has 3 heteroatoms. The standard InChI is InChI=1S/C42H28N2O/c1-5-16-29(17-6-1)33-26-15-27-36(39(33)41-35-25-14-13-24-34(35)40(45-41)31-20-9-3-10-21-31)38-28-37(30-18-7-2-8-19-30)43-42(44-38)32-22-11-4-12-23-32/h1-28H. The first-order chi connectivity index (χ1) is 22.3. The third kappa shape index (κ3) is 5.01.